The molecule has 0 radical (unpaired) electrons. The Hall–Kier alpha value is -4.89. The van der Waals surface area contributed by atoms with Gasteiger partial charge in [-0.2, -0.15) is 0 Å². The van der Waals surface area contributed by atoms with Crippen LogP contribution in [0.25, 0.3) is 0 Å². The summed E-state index contributed by atoms with van der Waals surface area (Å²) in [5, 5.41) is 8.48. The van der Waals surface area contributed by atoms with E-state index in [0.717, 1.165) is 25.3 Å². The van der Waals surface area contributed by atoms with Crippen LogP contribution in [-0.4, -0.2) is 25.2 Å². The zero-order valence-electron chi connectivity index (χ0n) is 30.6. The van der Waals surface area contributed by atoms with Gasteiger partial charge >= 0.3 is 8.56 Å². The minimum atomic E-state index is -3.47. The van der Waals surface area contributed by atoms with Gasteiger partial charge in [0, 0.05) is 0 Å². The molecule has 264 valence electrons. The van der Waals surface area contributed by atoms with Crippen molar-refractivity contribution in [2.75, 3.05) is 0 Å². The molecule has 7 rings (SSSR count). The molecule has 7 aromatic rings. The van der Waals surface area contributed by atoms with E-state index in [1.165, 1.54) is 42.7 Å². The Morgan fingerprint density at radius 2 is 0.547 bits per heavy atom. The maximum Gasteiger partial charge on any atom is 0.353 e. The van der Waals surface area contributed by atoms with Gasteiger partial charge in [-0.3, -0.25) is 0 Å². The van der Waals surface area contributed by atoms with E-state index in [1.807, 2.05) is 0 Å². The highest BCUT2D eigenvalue weighted by molar-refractivity contribution is 7.15. The molecule has 0 aliphatic heterocycles. The maximum atomic E-state index is 8.56. The molecule has 53 heavy (non-hydrogen) atoms. The van der Waals surface area contributed by atoms with Gasteiger partial charge in [-0.1, -0.05) is 245 Å². The van der Waals surface area contributed by atoms with E-state index < -0.39 is 25.2 Å². The Morgan fingerprint density at radius 1 is 0.302 bits per heavy atom. The highest BCUT2D eigenvalue weighted by Crippen LogP contribution is 2.28. The van der Waals surface area contributed by atoms with Crippen LogP contribution in [0.1, 0.15) is 32.6 Å². The van der Waals surface area contributed by atoms with Crippen LogP contribution in [0, 0.1) is 0 Å². The molecule has 0 saturated heterocycles. The van der Waals surface area contributed by atoms with Gasteiger partial charge in [0.2, 0.25) is 0 Å². The maximum absolute atomic E-state index is 8.56. The van der Waals surface area contributed by atoms with Gasteiger partial charge in [-0.05, 0) is 42.4 Å². The minimum Gasteiger partial charge on any atom is -0.422 e. The lowest BCUT2D eigenvalue weighted by molar-refractivity contribution is 0.404. The van der Waals surface area contributed by atoms with Crippen molar-refractivity contribution in [2.45, 2.75) is 38.7 Å². The molecule has 0 fully saturated rings. The third kappa shape index (κ3) is 7.63. The highest BCUT2D eigenvalue weighted by Gasteiger charge is 2.57. The van der Waals surface area contributed by atoms with E-state index in [9.17, 15) is 0 Å². The normalized spacial score (nSPS) is 12.0. The molecule has 0 saturated carbocycles. The first kappa shape index (κ1) is 36.5. The van der Waals surface area contributed by atoms with E-state index in [1.54, 1.807) is 0 Å². The van der Waals surface area contributed by atoms with Gasteiger partial charge in [0.05, 0.1) is 0 Å². The van der Waals surface area contributed by atoms with Crippen molar-refractivity contribution in [1.29, 1.82) is 0 Å². The van der Waals surface area contributed by atoms with E-state index >= 15 is 0 Å². The van der Waals surface area contributed by atoms with Crippen molar-refractivity contribution in [2.24, 2.45) is 0 Å². The Labute approximate surface area is 319 Å². The van der Waals surface area contributed by atoms with Crippen molar-refractivity contribution in [3.05, 3.63) is 212 Å². The number of benzene rings is 7. The van der Waals surface area contributed by atoms with Crippen LogP contribution in [0.3, 0.4) is 0 Å². The molecular weight excluding hydrogens is 693 g/mol. The quantitative estimate of drug-likeness (QED) is 0.0590. The average Bonchev–Trinajstić information content (AvgIpc) is 3.25. The predicted octanol–water partition coefficient (Wildman–Crippen LogP) is 7.28. The summed E-state index contributed by atoms with van der Waals surface area (Å²) in [6.45, 7) is 2.28. The summed E-state index contributed by atoms with van der Waals surface area (Å²) in [6, 6.07) is 77.9. The summed E-state index contributed by atoms with van der Waals surface area (Å²) in [5.74, 6) is 0. The molecule has 7 aromatic carbocycles. The summed E-state index contributed by atoms with van der Waals surface area (Å²) >= 11 is 0. The summed E-state index contributed by atoms with van der Waals surface area (Å²) in [4.78, 5) is 0. The molecule has 0 bridgehead atoms. The molecule has 0 aliphatic rings. The summed E-state index contributed by atoms with van der Waals surface area (Å²) < 4.78 is 17.1. The molecule has 0 aliphatic carbocycles. The Morgan fingerprint density at radius 3 is 0.792 bits per heavy atom. The number of hydrogen-bond acceptors (Lipinski definition) is 2. The highest BCUT2D eigenvalue weighted by atomic mass is 28.5. The van der Waals surface area contributed by atoms with E-state index in [0.29, 0.717) is 0 Å². The minimum absolute atomic E-state index is 0.833. The van der Waals surface area contributed by atoms with Crippen molar-refractivity contribution in [1.82, 2.24) is 0 Å². The largest absolute Gasteiger partial charge is 0.422 e. The molecule has 0 unspecified atom stereocenters. The fourth-order valence-electron chi connectivity index (χ4n) is 7.75. The zero-order chi connectivity index (χ0) is 36.2. The predicted molar refractivity (Wildman–Crippen MR) is 231 cm³/mol. The molecule has 0 heterocycles. The van der Waals surface area contributed by atoms with Crippen molar-refractivity contribution in [3.8, 4) is 0 Å². The second-order valence-electron chi connectivity index (χ2n) is 13.7. The van der Waals surface area contributed by atoms with Crippen LogP contribution in [0.15, 0.2) is 212 Å². The summed E-state index contributed by atoms with van der Waals surface area (Å²) in [7, 11) is -9.97. The van der Waals surface area contributed by atoms with Crippen molar-refractivity contribution < 1.29 is 8.23 Å². The third-order valence-corrected chi connectivity index (χ3v) is 24.5. The SMILES string of the molecule is CCCCCC[Si](O[Si](c1ccccc1)(c1ccccc1)c1ccccc1)(O[Si](c1ccccc1)(c1ccccc1)c1ccccc1)c1ccccc1. The fourth-order valence-corrected chi connectivity index (χ4v) is 24.5. The van der Waals surface area contributed by atoms with Gasteiger partial charge in [0.25, 0.3) is 16.6 Å². The van der Waals surface area contributed by atoms with Crippen LogP contribution < -0.4 is 36.3 Å². The zero-order valence-corrected chi connectivity index (χ0v) is 33.6. The lowest BCUT2D eigenvalue weighted by Crippen LogP contribution is -2.80. The molecular formula is C48H48O2Si3. The molecule has 0 atom stereocenters. The summed E-state index contributed by atoms with van der Waals surface area (Å²) in [6.07, 6.45) is 4.48. The third-order valence-electron chi connectivity index (χ3n) is 10.3. The molecule has 5 heteroatoms. The molecule has 2 nitrogen and oxygen atoms in total. The van der Waals surface area contributed by atoms with Gasteiger partial charge in [-0.15, -0.1) is 0 Å². The monoisotopic (exact) mass is 740 g/mol. The van der Waals surface area contributed by atoms with E-state index in [2.05, 4.69) is 219 Å². The molecule has 0 amide bonds. The van der Waals surface area contributed by atoms with Crippen molar-refractivity contribution >= 4 is 61.5 Å². The second-order valence-corrected chi connectivity index (χ2v) is 24.1. The molecule has 0 aromatic heterocycles. The van der Waals surface area contributed by atoms with Gasteiger partial charge in [0.15, 0.2) is 0 Å². The average molecular weight is 741 g/mol. The Bertz CT molecular complexity index is 1780. The van der Waals surface area contributed by atoms with Gasteiger partial charge in [0.1, 0.15) is 0 Å². The lowest BCUT2D eigenvalue weighted by Gasteiger charge is -2.47. The molecule has 0 N–H and O–H groups in total. The van der Waals surface area contributed by atoms with Crippen LogP contribution in [-0.2, 0) is 8.23 Å². The van der Waals surface area contributed by atoms with Crippen LogP contribution in [0.5, 0.6) is 0 Å². The first-order valence-electron chi connectivity index (χ1n) is 19.0. The second kappa shape index (κ2) is 17.3. The number of hydrogen-bond donors (Lipinski definition) is 0. The van der Waals surface area contributed by atoms with Gasteiger partial charge < -0.3 is 8.23 Å². The van der Waals surface area contributed by atoms with Crippen molar-refractivity contribution in [3.63, 3.8) is 0 Å². The molecule has 0 spiro atoms. The van der Waals surface area contributed by atoms with E-state index in [-0.39, 0.29) is 0 Å². The standard InChI is InChI=1S/C48H48O2Si3/c1-2-3-4-26-41-51(42-27-12-5-13-28-42,49-52(43-29-14-6-15-30-43,44-31-16-7-17-32-44)45-33-18-8-19-34-45)50-53(46-35-20-9-21-36-46,47-37-22-10-23-38-47)48-39-24-11-25-40-48/h5-25,27-40H,2-4,26,41H2,1H3. The van der Waals surface area contributed by atoms with Crippen LogP contribution in [0.4, 0.5) is 0 Å². The fraction of sp³-hybridized carbons (Fsp3) is 0.125. The first-order chi connectivity index (χ1) is 26.2. The lowest BCUT2D eigenvalue weighted by atomic mass is 10.2. The number of rotatable bonds is 16. The number of unbranched alkanes of at least 4 members (excludes halogenated alkanes) is 3. The van der Waals surface area contributed by atoms with E-state index in [4.69, 9.17) is 8.23 Å². The topological polar surface area (TPSA) is 18.5 Å². The van der Waals surface area contributed by atoms with Crippen LogP contribution >= 0.6 is 0 Å². The smallest absolute Gasteiger partial charge is 0.353 e. The van der Waals surface area contributed by atoms with Gasteiger partial charge in [-0.25, -0.2) is 0 Å². The Balaban J connectivity index is 1.59. The first-order valence-corrected chi connectivity index (χ1v) is 24.8. The Kier molecular flexibility index (Phi) is 11.9. The summed E-state index contributed by atoms with van der Waals surface area (Å²) in [5.41, 5.74) is 0. The van der Waals surface area contributed by atoms with Crippen LogP contribution in [0.2, 0.25) is 6.04 Å².